The number of nitrogens with one attached hydrogen (secondary N) is 1. The Labute approximate surface area is 127 Å². The summed E-state index contributed by atoms with van der Waals surface area (Å²) in [6, 6.07) is 7.52. The van der Waals surface area contributed by atoms with E-state index in [1.807, 2.05) is 24.3 Å². The highest BCUT2D eigenvalue weighted by molar-refractivity contribution is 5.91. The Morgan fingerprint density at radius 1 is 1.38 bits per heavy atom. The Morgan fingerprint density at radius 2 is 2.10 bits per heavy atom. The third-order valence-electron chi connectivity index (χ3n) is 3.81. The maximum Gasteiger partial charge on any atom is 0.226 e. The van der Waals surface area contributed by atoms with Crippen LogP contribution in [0.5, 0.6) is 5.75 Å². The fourth-order valence-corrected chi connectivity index (χ4v) is 2.71. The normalized spacial score (nSPS) is 17.0. The molecule has 116 valence electrons. The topological polar surface area (TPSA) is 64.3 Å². The van der Waals surface area contributed by atoms with Crippen molar-refractivity contribution < 1.29 is 9.53 Å². The van der Waals surface area contributed by atoms with Gasteiger partial charge in [-0.25, -0.2) is 0 Å². The van der Waals surface area contributed by atoms with Gasteiger partial charge in [0.25, 0.3) is 0 Å². The lowest BCUT2D eigenvalue weighted by Gasteiger charge is -2.22. The molecule has 0 bridgehead atoms. The Hall–Kier alpha value is -1.55. The summed E-state index contributed by atoms with van der Waals surface area (Å²) in [5.74, 6) is 1.24. The second kappa shape index (κ2) is 6.94. The van der Waals surface area contributed by atoms with E-state index in [9.17, 15) is 4.79 Å². The lowest BCUT2D eigenvalue weighted by atomic mass is 9.94. The van der Waals surface area contributed by atoms with E-state index in [4.69, 9.17) is 10.5 Å². The van der Waals surface area contributed by atoms with Crippen LogP contribution in [0.1, 0.15) is 46.0 Å². The van der Waals surface area contributed by atoms with Crippen LogP contribution >= 0.6 is 0 Å². The average molecular weight is 290 g/mol. The number of hydrogen-bond donors (Lipinski definition) is 2. The maximum absolute atomic E-state index is 12.1. The van der Waals surface area contributed by atoms with E-state index in [0.29, 0.717) is 18.9 Å². The molecule has 1 saturated carbocycles. The molecule has 0 heterocycles. The standard InChI is InChI=1S/C17H26N2O2/c1-13(2)12-21-15-7-5-6-14(10-15)19-16(20)11-17(18)8-3-4-9-17/h5-7,10,13H,3-4,8-9,11-12,18H2,1-2H3,(H,19,20). The Bertz CT molecular complexity index is 479. The Morgan fingerprint density at radius 3 is 2.76 bits per heavy atom. The molecular formula is C17H26N2O2. The van der Waals surface area contributed by atoms with Crippen molar-refractivity contribution in [3.63, 3.8) is 0 Å². The highest BCUT2D eigenvalue weighted by Gasteiger charge is 2.31. The molecule has 0 atom stereocenters. The van der Waals surface area contributed by atoms with Crippen LogP contribution in [0.15, 0.2) is 24.3 Å². The molecule has 1 aliphatic rings. The van der Waals surface area contributed by atoms with Crippen molar-refractivity contribution in [3.05, 3.63) is 24.3 Å². The van der Waals surface area contributed by atoms with Crippen molar-refractivity contribution in [1.29, 1.82) is 0 Å². The van der Waals surface area contributed by atoms with Crippen molar-refractivity contribution in [2.24, 2.45) is 11.7 Å². The van der Waals surface area contributed by atoms with Crippen LogP contribution in [0.25, 0.3) is 0 Å². The van der Waals surface area contributed by atoms with Crippen LogP contribution in [0, 0.1) is 5.92 Å². The van der Waals surface area contributed by atoms with Gasteiger partial charge < -0.3 is 15.8 Å². The molecule has 1 aromatic carbocycles. The van der Waals surface area contributed by atoms with Crippen molar-refractivity contribution in [2.45, 2.75) is 51.5 Å². The first kappa shape index (κ1) is 15.8. The number of nitrogens with two attached hydrogens (primary N) is 1. The van der Waals surface area contributed by atoms with Gasteiger partial charge in [-0.2, -0.15) is 0 Å². The third kappa shape index (κ3) is 5.05. The summed E-state index contributed by atoms with van der Waals surface area (Å²) in [4.78, 5) is 12.1. The number of anilines is 1. The van der Waals surface area contributed by atoms with Gasteiger partial charge in [0.1, 0.15) is 5.75 Å². The van der Waals surface area contributed by atoms with Crippen molar-refractivity contribution in [3.8, 4) is 5.75 Å². The molecule has 1 aliphatic carbocycles. The van der Waals surface area contributed by atoms with Gasteiger partial charge in [0, 0.05) is 23.7 Å². The van der Waals surface area contributed by atoms with Crippen molar-refractivity contribution in [1.82, 2.24) is 0 Å². The van der Waals surface area contributed by atoms with Crippen LogP contribution in [0.2, 0.25) is 0 Å². The van der Waals surface area contributed by atoms with E-state index in [2.05, 4.69) is 19.2 Å². The highest BCUT2D eigenvalue weighted by atomic mass is 16.5. The number of amides is 1. The number of rotatable bonds is 6. The van der Waals surface area contributed by atoms with E-state index in [1.54, 1.807) is 0 Å². The van der Waals surface area contributed by atoms with Gasteiger partial charge in [-0.1, -0.05) is 32.8 Å². The molecule has 21 heavy (non-hydrogen) atoms. The Balaban J connectivity index is 1.89. The van der Waals surface area contributed by atoms with E-state index in [0.717, 1.165) is 37.1 Å². The molecule has 1 fully saturated rings. The predicted octanol–water partition coefficient (Wildman–Crippen LogP) is 3.32. The molecule has 1 aromatic rings. The van der Waals surface area contributed by atoms with E-state index >= 15 is 0 Å². The minimum Gasteiger partial charge on any atom is -0.493 e. The molecule has 4 heteroatoms. The fraction of sp³-hybridized carbons (Fsp3) is 0.588. The summed E-state index contributed by atoms with van der Waals surface area (Å²) >= 11 is 0. The number of ether oxygens (including phenoxy) is 1. The van der Waals surface area contributed by atoms with Crippen molar-refractivity contribution >= 4 is 11.6 Å². The minimum atomic E-state index is -0.310. The van der Waals surface area contributed by atoms with Gasteiger partial charge in [0.15, 0.2) is 0 Å². The number of carbonyl (C=O) groups is 1. The molecule has 0 spiro atoms. The zero-order chi connectivity index (χ0) is 15.3. The molecule has 2 rings (SSSR count). The fourth-order valence-electron chi connectivity index (χ4n) is 2.71. The SMILES string of the molecule is CC(C)COc1cccc(NC(=O)CC2(N)CCCC2)c1. The van der Waals surface area contributed by atoms with Crippen LogP contribution in [-0.2, 0) is 4.79 Å². The summed E-state index contributed by atoms with van der Waals surface area (Å²) < 4.78 is 5.67. The summed E-state index contributed by atoms with van der Waals surface area (Å²) in [6.07, 6.45) is 4.53. The van der Waals surface area contributed by atoms with Crippen LogP contribution in [0.3, 0.4) is 0 Å². The van der Waals surface area contributed by atoms with Gasteiger partial charge >= 0.3 is 0 Å². The van der Waals surface area contributed by atoms with Crippen LogP contribution in [-0.4, -0.2) is 18.1 Å². The van der Waals surface area contributed by atoms with Gasteiger partial charge in [-0.3, -0.25) is 4.79 Å². The third-order valence-corrected chi connectivity index (χ3v) is 3.81. The highest BCUT2D eigenvalue weighted by Crippen LogP contribution is 2.30. The summed E-state index contributed by atoms with van der Waals surface area (Å²) in [7, 11) is 0. The van der Waals surface area contributed by atoms with Gasteiger partial charge in [0.2, 0.25) is 5.91 Å². The largest absolute Gasteiger partial charge is 0.493 e. The lowest BCUT2D eigenvalue weighted by molar-refractivity contribution is -0.117. The quantitative estimate of drug-likeness (QED) is 0.844. The monoisotopic (exact) mass is 290 g/mol. The smallest absolute Gasteiger partial charge is 0.226 e. The number of hydrogen-bond acceptors (Lipinski definition) is 3. The predicted molar refractivity (Wildman–Crippen MR) is 85.4 cm³/mol. The minimum absolute atomic E-state index is 0.0135. The molecule has 0 unspecified atom stereocenters. The van der Waals surface area contributed by atoms with E-state index < -0.39 is 0 Å². The van der Waals surface area contributed by atoms with E-state index in [-0.39, 0.29) is 11.4 Å². The zero-order valence-electron chi connectivity index (χ0n) is 13.0. The zero-order valence-corrected chi connectivity index (χ0v) is 13.0. The van der Waals surface area contributed by atoms with Gasteiger partial charge in [-0.15, -0.1) is 0 Å². The second-order valence-corrected chi connectivity index (χ2v) is 6.53. The average Bonchev–Trinajstić information content (AvgIpc) is 2.83. The van der Waals surface area contributed by atoms with E-state index in [1.165, 1.54) is 0 Å². The first-order valence-electron chi connectivity index (χ1n) is 7.78. The molecule has 0 aliphatic heterocycles. The molecule has 0 radical (unpaired) electrons. The number of benzene rings is 1. The van der Waals surface area contributed by atoms with Crippen molar-refractivity contribution in [2.75, 3.05) is 11.9 Å². The Kier molecular flexibility index (Phi) is 5.23. The van der Waals surface area contributed by atoms with Gasteiger partial charge in [0.05, 0.1) is 6.61 Å². The summed E-state index contributed by atoms with van der Waals surface area (Å²) in [5.41, 5.74) is 6.70. The second-order valence-electron chi connectivity index (χ2n) is 6.53. The molecule has 3 N–H and O–H groups in total. The molecule has 0 aromatic heterocycles. The first-order valence-corrected chi connectivity index (χ1v) is 7.78. The van der Waals surface area contributed by atoms with Crippen LogP contribution < -0.4 is 15.8 Å². The van der Waals surface area contributed by atoms with Gasteiger partial charge in [-0.05, 0) is 30.9 Å². The first-order chi connectivity index (χ1) is 9.97. The van der Waals surface area contributed by atoms with Crippen LogP contribution in [0.4, 0.5) is 5.69 Å². The summed E-state index contributed by atoms with van der Waals surface area (Å²) in [6.45, 7) is 4.88. The number of carbonyl (C=O) groups excluding carboxylic acids is 1. The molecule has 1 amide bonds. The molecule has 4 nitrogen and oxygen atoms in total. The molecular weight excluding hydrogens is 264 g/mol. The summed E-state index contributed by atoms with van der Waals surface area (Å²) in [5, 5.41) is 2.92. The maximum atomic E-state index is 12.1. The molecule has 0 saturated heterocycles. The lowest BCUT2D eigenvalue weighted by Crippen LogP contribution is -2.40.